The molecule has 8 heteroatoms. The van der Waals surface area contributed by atoms with Crippen molar-refractivity contribution in [3.63, 3.8) is 0 Å². The first-order chi connectivity index (χ1) is 15.5. The molecule has 7 nitrogen and oxygen atoms in total. The van der Waals surface area contributed by atoms with Crippen molar-refractivity contribution in [2.24, 2.45) is 0 Å². The maximum Gasteiger partial charge on any atom is 0.234 e. The number of hydrogen-bond acceptors (Lipinski definition) is 6. The first kappa shape index (κ1) is 23.4. The number of ether oxygens (including phenoxy) is 2. The highest BCUT2D eigenvalue weighted by Gasteiger charge is 2.15. The highest BCUT2D eigenvalue weighted by atomic mass is 32.2. The van der Waals surface area contributed by atoms with Crippen molar-refractivity contribution in [1.82, 2.24) is 14.8 Å². The Morgan fingerprint density at radius 1 is 1.16 bits per heavy atom. The number of carbonyl (C=O) groups is 1. The van der Waals surface area contributed by atoms with Gasteiger partial charge in [0.25, 0.3) is 0 Å². The fraction of sp³-hybridized carbons (Fsp3) is 0.292. The lowest BCUT2D eigenvalue weighted by molar-refractivity contribution is -0.113. The van der Waals surface area contributed by atoms with Gasteiger partial charge in [-0.2, -0.15) is 0 Å². The van der Waals surface area contributed by atoms with Gasteiger partial charge in [0.2, 0.25) is 5.91 Å². The number of anilines is 1. The van der Waals surface area contributed by atoms with Gasteiger partial charge in [-0.05, 0) is 62.2 Å². The summed E-state index contributed by atoms with van der Waals surface area (Å²) in [4.78, 5) is 12.4. The zero-order valence-corrected chi connectivity index (χ0v) is 19.4. The van der Waals surface area contributed by atoms with Gasteiger partial charge in [-0.3, -0.25) is 9.36 Å². The first-order valence-electron chi connectivity index (χ1n) is 10.4. The zero-order valence-electron chi connectivity index (χ0n) is 18.6. The normalized spacial score (nSPS) is 10.6. The maximum atomic E-state index is 12.4. The van der Waals surface area contributed by atoms with Gasteiger partial charge in [-0.25, -0.2) is 0 Å². The van der Waals surface area contributed by atoms with Gasteiger partial charge in [0.15, 0.2) is 11.0 Å². The molecule has 0 saturated heterocycles. The number of benzene rings is 2. The molecule has 0 aliphatic carbocycles. The zero-order chi connectivity index (χ0) is 22.9. The smallest absolute Gasteiger partial charge is 0.234 e. The van der Waals surface area contributed by atoms with Gasteiger partial charge in [0, 0.05) is 12.2 Å². The van der Waals surface area contributed by atoms with E-state index in [0.29, 0.717) is 29.8 Å². The van der Waals surface area contributed by atoms with E-state index in [9.17, 15) is 4.79 Å². The number of nitrogens with zero attached hydrogens (tertiary/aromatic N) is 3. The van der Waals surface area contributed by atoms with Gasteiger partial charge in [0.1, 0.15) is 18.1 Å². The molecule has 0 unspecified atom stereocenters. The van der Waals surface area contributed by atoms with Crippen LogP contribution in [0.5, 0.6) is 11.5 Å². The van der Waals surface area contributed by atoms with Gasteiger partial charge < -0.3 is 14.8 Å². The molecule has 32 heavy (non-hydrogen) atoms. The van der Waals surface area contributed by atoms with E-state index in [0.717, 1.165) is 17.1 Å². The predicted molar refractivity (Wildman–Crippen MR) is 127 cm³/mol. The summed E-state index contributed by atoms with van der Waals surface area (Å²) in [7, 11) is 0. The van der Waals surface area contributed by atoms with Gasteiger partial charge in [-0.15, -0.1) is 16.8 Å². The fourth-order valence-corrected chi connectivity index (χ4v) is 3.76. The summed E-state index contributed by atoms with van der Waals surface area (Å²) in [5.74, 6) is 2.36. The molecule has 1 heterocycles. The van der Waals surface area contributed by atoms with Crippen molar-refractivity contribution in [3.05, 3.63) is 72.1 Å². The summed E-state index contributed by atoms with van der Waals surface area (Å²) in [5.41, 5.74) is 2.99. The minimum atomic E-state index is -0.125. The Balaban J connectivity index is 1.60. The third-order valence-corrected chi connectivity index (χ3v) is 5.77. The lowest BCUT2D eigenvalue weighted by atomic mass is 10.1. The number of nitrogens with one attached hydrogen (secondary N) is 1. The Labute approximate surface area is 192 Å². The second-order valence-corrected chi connectivity index (χ2v) is 8.02. The van der Waals surface area contributed by atoms with Crippen LogP contribution in [0.1, 0.15) is 23.9 Å². The van der Waals surface area contributed by atoms with Crippen LogP contribution in [0.15, 0.2) is 60.3 Å². The molecular formula is C24H28N4O3S. The van der Waals surface area contributed by atoms with Gasteiger partial charge >= 0.3 is 0 Å². The van der Waals surface area contributed by atoms with Crippen LogP contribution in [0, 0.1) is 13.8 Å². The molecule has 0 radical (unpaired) electrons. The molecule has 1 amide bonds. The topological polar surface area (TPSA) is 78.3 Å². The molecule has 0 spiro atoms. The third kappa shape index (κ3) is 6.13. The Hall–Kier alpha value is -3.26. The van der Waals surface area contributed by atoms with Crippen LogP contribution in [-0.4, -0.2) is 33.0 Å². The van der Waals surface area contributed by atoms with Crippen LogP contribution >= 0.6 is 11.8 Å². The van der Waals surface area contributed by atoms with Gasteiger partial charge in [-0.1, -0.05) is 30.0 Å². The molecular weight excluding hydrogens is 424 g/mol. The second-order valence-electron chi connectivity index (χ2n) is 7.08. The Morgan fingerprint density at radius 3 is 2.66 bits per heavy atom. The lowest BCUT2D eigenvalue weighted by Crippen LogP contribution is -2.15. The van der Waals surface area contributed by atoms with E-state index in [4.69, 9.17) is 9.47 Å². The summed E-state index contributed by atoms with van der Waals surface area (Å²) in [6.45, 7) is 11.2. The molecule has 168 valence electrons. The summed E-state index contributed by atoms with van der Waals surface area (Å²) < 4.78 is 13.3. The Kier molecular flexibility index (Phi) is 8.33. The number of amides is 1. The number of aryl methyl sites for hydroxylation is 1. The molecule has 0 fully saturated rings. The van der Waals surface area contributed by atoms with E-state index in [2.05, 4.69) is 35.1 Å². The van der Waals surface area contributed by atoms with Crippen molar-refractivity contribution >= 4 is 23.4 Å². The van der Waals surface area contributed by atoms with E-state index in [1.165, 1.54) is 17.3 Å². The fourth-order valence-electron chi connectivity index (χ4n) is 3.00. The largest absolute Gasteiger partial charge is 0.494 e. The van der Waals surface area contributed by atoms with Crippen LogP contribution in [0.2, 0.25) is 0 Å². The van der Waals surface area contributed by atoms with E-state index in [1.54, 1.807) is 6.08 Å². The number of hydrogen-bond donors (Lipinski definition) is 1. The van der Waals surface area contributed by atoms with E-state index in [-0.39, 0.29) is 18.3 Å². The number of rotatable bonds is 11. The van der Waals surface area contributed by atoms with Crippen LogP contribution in [0.25, 0.3) is 0 Å². The highest BCUT2D eigenvalue weighted by Crippen LogP contribution is 2.23. The lowest BCUT2D eigenvalue weighted by Gasteiger charge is -2.12. The van der Waals surface area contributed by atoms with Crippen molar-refractivity contribution in [2.45, 2.75) is 39.1 Å². The van der Waals surface area contributed by atoms with Crippen molar-refractivity contribution in [3.8, 4) is 11.5 Å². The summed E-state index contributed by atoms with van der Waals surface area (Å²) in [6.07, 6.45) is 1.77. The SMILES string of the molecule is C=CCn1c(COc2cccc(C)c2C)nnc1SCC(=O)Nc1ccc(OCC)cc1. The molecule has 0 saturated carbocycles. The summed E-state index contributed by atoms with van der Waals surface area (Å²) in [5, 5.41) is 12.0. The summed E-state index contributed by atoms with van der Waals surface area (Å²) >= 11 is 1.32. The third-order valence-electron chi connectivity index (χ3n) is 4.80. The molecule has 0 aliphatic heterocycles. The van der Waals surface area contributed by atoms with Crippen LogP contribution in [0.3, 0.4) is 0 Å². The van der Waals surface area contributed by atoms with Crippen molar-refractivity contribution in [1.29, 1.82) is 0 Å². The van der Waals surface area contributed by atoms with E-state index in [1.807, 2.05) is 54.8 Å². The maximum absolute atomic E-state index is 12.4. The molecule has 0 atom stereocenters. The van der Waals surface area contributed by atoms with Crippen LogP contribution < -0.4 is 14.8 Å². The number of carbonyl (C=O) groups excluding carboxylic acids is 1. The molecule has 0 bridgehead atoms. The monoisotopic (exact) mass is 452 g/mol. The van der Waals surface area contributed by atoms with E-state index < -0.39 is 0 Å². The van der Waals surface area contributed by atoms with Crippen LogP contribution in [-0.2, 0) is 17.9 Å². The van der Waals surface area contributed by atoms with Gasteiger partial charge in [0.05, 0.1) is 12.4 Å². The molecule has 2 aromatic carbocycles. The molecule has 1 aromatic heterocycles. The average molecular weight is 453 g/mol. The number of thioether (sulfide) groups is 1. The Bertz CT molecular complexity index is 1060. The standard InChI is InChI=1S/C24H28N4O3S/c1-5-14-28-22(15-31-21-9-7-8-17(3)18(21)4)26-27-24(28)32-16-23(29)25-19-10-12-20(13-11-19)30-6-2/h5,7-13H,1,6,14-16H2,2-4H3,(H,25,29). The summed E-state index contributed by atoms with van der Waals surface area (Å²) in [6, 6.07) is 13.3. The predicted octanol–water partition coefficient (Wildman–Crippen LogP) is 4.79. The molecule has 1 N–H and O–H groups in total. The second kappa shape index (κ2) is 11.4. The van der Waals surface area contributed by atoms with Crippen molar-refractivity contribution < 1.29 is 14.3 Å². The average Bonchev–Trinajstić information content (AvgIpc) is 3.17. The first-order valence-corrected chi connectivity index (χ1v) is 11.4. The Morgan fingerprint density at radius 2 is 1.94 bits per heavy atom. The highest BCUT2D eigenvalue weighted by molar-refractivity contribution is 7.99. The van der Waals surface area contributed by atoms with E-state index >= 15 is 0 Å². The molecule has 3 rings (SSSR count). The number of aromatic nitrogens is 3. The van der Waals surface area contributed by atoms with Crippen LogP contribution in [0.4, 0.5) is 5.69 Å². The molecule has 0 aliphatic rings. The number of allylic oxidation sites excluding steroid dienone is 1. The minimum Gasteiger partial charge on any atom is -0.494 e. The quantitative estimate of drug-likeness (QED) is 0.333. The van der Waals surface area contributed by atoms with Crippen molar-refractivity contribution in [2.75, 3.05) is 17.7 Å². The minimum absolute atomic E-state index is 0.125. The molecule has 3 aromatic rings.